The van der Waals surface area contributed by atoms with Gasteiger partial charge in [-0.15, -0.1) is 0 Å². The Balaban J connectivity index is 1.67. The highest BCUT2D eigenvalue weighted by atomic mass is 35.5. The van der Waals surface area contributed by atoms with Crippen LogP contribution in [0.2, 0.25) is 5.02 Å². The van der Waals surface area contributed by atoms with Gasteiger partial charge in [0.05, 0.1) is 16.8 Å². The van der Waals surface area contributed by atoms with E-state index < -0.39 is 0 Å². The fraction of sp³-hybridized carbons (Fsp3) is 0.261. The molecule has 1 N–H and O–H groups in total. The molecule has 1 amide bonds. The van der Waals surface area contributed by atoms with Gasteiger partial charge >= 0.3 is 0 Å². The molecule has 1 fully saturated rings. The average Bonchev–Trinajstić information content (AvgIpc) is 2.73. The Hall–Kier alpha value is -2.72. The standard InChI is InChI=1S/C23H22ClN3O/c1-15-6-12-18(13-7-15)26-27-23(28)20-14-22(16-8-10-17(24)11-9-16)25-21-5-3-2-4-19(20)21/h2-5,8-11,14-15H,6-7,12-13H2,1H3,(H,27,28). The molecule has 0 radical (unpaired) electrons. The lowest BCUT2D eigenvalue weighted by molar-refractivity contribution is 0.0956. The highest BCUT2D eigenvalue weighted by molar-refractivity contribution is 6.30. The van der Waals surface area contributed by atoms with E-state index in [1.54, 1.807) is 0 Å². The summed E-state index contributed by atoms with van der Waals surface area (Å²) in [5.41, 5.74) is 6.84. The molecule has 0 spiro atoms. The van der Waals surface area contributed by atoms with Crippen LogP contribution >= 0.6 is 11.6 Å². The van der Waals surface area contributed by atoms with Gasteiger partial charge in [0.1, 0.15) is 0 Å². The van der Waals surface area contributed by atoms with Gasteiger partial charge in [-0.05, 0) is 55.9 Å². The van der Waals surface area contributed by atoms with E-state index in [1.165, 1.54) is 0 Å². The van der Waals surface area contributed by atoms with Crippen molar-refractivity contribution in [2.24, 2.45) is 11.0 Å². The number of carbonyl (C=O) groups is 1. The van der Waals surface area contributed by atoms with Crippen molar-refractivity contribution < 1.29 is 4.79 Å². The van der Waals surface area contributed by atoms with Crippen molar-refractivity contribution in [3.8, 4) is 11.3 Å². The minimum atomic E-state index is -0.208. The van der Waals surface area contributed by atoms with Crippen LogP contribution < -0.4 is 5.43 Å². The zero-order valence-corrected chi connectivity index (χ0v) is 16.5. The number of para-hydroxylation sites is 1. The molecule has 1 aliphatic rings. The summed E-state index contributed by atoms with van der Waals surface area (Å²) >= 11 is 6.00. The Kier molecular flexibility index (Phi) is 5.40. The Morgan fingerprint density at radius 1 is 1.11 bits per heavy atom. The first kappa shape index (κ1) is 18.6. The molecular formula is C23H22ClN3O. The van der Waals surface area contributed by atoms with Gasteiger partial charge in [-0.2, -0.15) is 5.10 Å². The minimum Gasteiger partial charge on any atom is -0.267 e. The van der Waals surface area contributed by atoms with Crippen LogP contribution in [0.5, 0.6) is 0 Å². The molecule has 1 heterocycles. The number of halogens is 1. The quantitative estimate of drug-likeness (QED) is 0.569. The van der Waals surface area contributed by atoms with Crippen molar-refractivity contribution in [3.05, 3.63) is 65.2 Å². The van der Waals surface area contributed by atoms with E-state index >= 15 is 0 Å². The monoisotopic (exact) mass is 391 g/mol. The normalized spacial score (nSPS) is 16.8. The van der Waals surface area contributed by atoms with E-state index in [1.807, 2.05) is 54.6 Å². The van der Waals surface area contributed by atoms with E-state index in [0.29, 0.717) is 10.6 Å². The van der Waals surface area contributed by atoms with Crippen LogP contribution in [0.25, 0.3) is 22.2 Å². The summed E-state index contributed by atoms with van der Waals surface area (Å²) in [4.78, 5) is 17.7. The van der Waals surface area contributed by atoms with Crippen molar-refractivity contribution in [2.75, 3.05) is 0 Å². The van der Waals surface area contributed by atoms with Crippen molar-refractivity contribution in [3.63, 3.8) is 0 Å². The zero-order chi connectivity index (χ0) is 19.5. The van der Waals surface area contributed by atoms with Gasteiger partial charge in [0.25, 0.3) is 5.91 Å². The number of hydrogen-bond donors (Lipinski definition) is 1. The number of amides is 1. The Labute approximate surface area is 169 Å². The largest absolute Gasteiger partial charge is 0.272 e. The average molecular weight is 392 g/mol. The zero-order valence-electron chi connectivity index (χ0n) is 15.8. The molecule has 142 valence electrons. The first-order valence-electron chi connectivity index (χ1n) is 9.61. The summed E-state index contributed by atoms with van der Waals surface area (Å²) in [6.45, 7) is 2.26. The molecule has 1 aromatic heterocycles. The van der Waals surface area contributed by atoms with E-state index in [-0.39, 0.29) is 5.91 Å². The molecule has 0 saturated heterocycles. The number of carbonyl (C=O) groups excluding carboxylic acids is 1. The van der Waals surface area contributed by atoms with Crippen LogP contribution in [0.3, 0.4) is 0 Å². The molecule has 0 unspecified atom stereocenters. The number of hydrazone groups is 1. The van der Waals surface area contributed by atoms with E-state index in [2.05, 4.69) is 17.5 Å². The molecule has 0 bridgehead atoms. The van der Waals surface area contributed by atoms with Gasteiger partial charge < -0.3 is 0 Å². The molecule has 3 aromatic rings. The highest BCUT2D eigenvalue weighted by Gasteiger charge is 2.16. The van der Waals surface area contributed by atoms with Gasteiger partial charge in [0.2, 0.25) is 0 Å². The molecule has 1 saturated carbocycles. The molecule has 0 atom stereocenters. The van der Waals surface area contributed by atoms with Gasteiger partial charge in [-0.3, -0.25) is 4.79 Å². The molecule has 1 aliphatic carbocycles. The highest BCUT2D eigenvalue weighted by Crippen LogP contribution is 2.26. The maximum absolute atomic E-state index is 12.9. The number of hydrogen-bond acceptors (Lipinski definition) is 3. The van der Waals surface area contributed by atoms with E-state index in [4.69, 9.17) is 16.6 Å². The molecule has 2 aromatic carbocycles. The van der Waals surface area contributed by atoms with Crippen LogP contribution in [-0.2, 0) is 0 Å². The predicted molar refractivity (Wildman–Crippen MR) is 115 cm³/mol. The summed E-state index contributed by atoms with van der Waals surface area (Å²) in [5.74, 6) is 0.528. The van der Waals surface area contributed by atoms with Crippen LogP contribution in [0.4, 0.5) is 0 Å². The lowest BCUT2D eigenvalue weighted by Gasteiger charge is -2.18. The second-order valence-corrected chi connectivity index (χ2v) is 7.82. The van der Waals surface area contributed by atoms with Crippen LogP contribution in [-0.4, -0.2) is 16.6 Å². The van der Waals surface area contributed by atoms with Gasteiger partial charge in [-0.25, -0.2) is 10.4 Å². The van der Waals surface area contributed by atoms with Crippen molar-refractivity contribution in [1.82, 2.24) is 10.4 Å². The van der Waals surface area contributed by atoms with Gasteiger partial charge in [-0.1, -0.05) is 48.9 Å². The van der Waals surface area contributed by atoms with Crippen LogP contribution in [0.1, 0.15) is 43.0 Å². The number of nitrogens with one attached hydrogen (secondary N) is 1. The number of benzene rings is 2. The minimum absolute atomic E-state index is 0.208. The molecule has 4 nitrogen and oxygen atoms in total. The van der Waals surface area contributed by atoms with Crippen molar-refractivity contribution in [2.45, 2.75) is 32.6 Å². The Morgan fingerprint density at radius 2 is 1.82 bits per heavy atom. The van der Waals surface area contributed by atoms with Crippen LogP contribution in [0.15, 0.2) is 59.7 Å². The summed E-state index contributed by atoms with van der Waals surface area (Å²) in [7, 11) is 0. The van der Waals surface area contributed by atoms with Crippen molar-refractivity contribution >= 4 is 34.1 Å². The Morgan fingerprint density at radius 3 is 2.57 bits per heavy atom. The van der Waals surface area contributed by atoms with E-state index in [0.717, 1.165) is 59.5 Å². The summed E-state index contributed by atoms with van der Waals surface area (Å²) in [6, 6.07) is 17.0. The topological polar surface area (TPSA) is 54.4 Å². The third-order valence-corrected chi connectivity index (χ3v) is 5.52. The maximum atomic E-state index is 12.9. The Bertz CT molecular complexity index is 1030. The summed E-state index contributed by atoms with van der Waals surface area (Å²) in [5, 5.41) is 5.88. The molecule has 0 aliphatic heterocycles. The number of rotatable bonds is 3. The number of nitrogens with zero attached hydrogens (tertiary/aromatic N) is 2. The third kappa shape index (κ3) is 4.07. The smallest absolute Gasteiger partial charge is 0.267 e. The molecule has 5 heteroatoms. The fourth-order valence-electron chi connectivity index (χ4n) is 3.53. The summed E-state index contributed by atoms with van der Waals surface area (Å²) in [6.07, 6.45) is 4.17. The molecule has 4 rings (SSSR count). The fourth-order valence-corrected chi connectivity index (χ4v) is 3.66. The van der Waals surface area contributed by atoms with Crippen LogP contribution in [0, 0.1) is 5.92 Å². The first-order chi connectivity index (χ1) is 13.6. The van der Waals surface area contributed by atoms with Crippen molar-refractivity contribution in [1.29, 1.82) is 0 Å². The lowest BCUT2D eigenvalue weighted by atomic mass is 9.90. The first-order valence-corrected chi connectivity index (χ1v) is 9.99. The predicted octanol–water partition coefficient (Wildman–Crippen LogP) is 5.85. The van der Waals surface area contributed by atoms with Gasteiger partial charge in [0.15, 0.2) is 0 Å². The second-order valence-electron chi connectivity index (χ2n) is 7.38. The van der Waals surface area contributed by atoms with E-state index in [9.17, 15) is 4.79 Å². The number of fused-ring (bicyclic) bond motifs is 1. The SMILES string of the molecule is CC1CCC(=NNC(=O)c2cc(-c3ccc(Cl)cc3)nc3ccccc23)CC1. The molecular weight excluding hydrogens is 370 g/mol. The number of pyridine rings is 1. The summed E-state index contributed by atoms with van der Waals surface area (Å²) < 4.78 is 0. The van der Waals surface area contributed by atoms with Gasteiger partial charge in [0, 0.05) is 21.7 Å². The number of aromatic nitrogens is 1. The maximum Gasteiger partial charge on any atom is 0.272 e. The third-order valence-electron chi connectivity index (χ3n) is 5.27. The second kappa shape index (κ2) is 8.11. The molecule has 28 heavy (non-hydrogen) atoms. The lowest BCUT2D eigenvalue weighted by Crippen LogP contribution is -2.22.